The fourth-order valence-corrected chi connectivity index (χ4v) is 0.737. The number of halogens is 3. The monoisotopic (exact) mass is 206 g/mol. The van der Waals surface area contributed by atoms with Crippen LogP contribution >= 0.6 is 0 Å². The van der Waals surface area contributed by atoms with E-state index in [1.165, 1.54) is 18.3 Å². The van der Waals surface area contributed by atoms with Crippen LogP contribution in [0.3, 0.4) is 0 Å². The summed E-state index contributed by atoms with van der Waals surface area (Å²) in [4.78, 5) is 3.59. The van der Waals surface area contributed by atoms with E-state index in [4.69, 9.17) is 5.73 Å². The van der Waals surface area contributed by atoms with Gasteiger partial charge >= 0.3 is 6.18 Å². The second kappa shape index (κ2) is 3.73. The van der Waals surface area contributed by atoms with Gasteiger partial charge in [0.05, 0.1) is 0 Å². The second-order valence-corrected chi connectivity index (χ2v) is 2.73. The first-order valence-corrected chi connectivity index (χ1v) is 3.84. The minimum atomic E-state index is -4.40. The molecule has 3 nitrogen and oxygen atoms in total. The molecule has 78 valence electrons. The third kappa shape index (κ3) is 2.79. The maximum Gasteiger partial charge on any atom is 0.425 e. The molecule has 0 fully saturated rings. The standard InChI is InChI=1S/C8H9F3N2O/c1-5(8(9,10)11)14-7-4-6(12)2-3-13-7/h2-5H,1H3,(H2,12,13). The number of nitrogens with two attached hydrogens (primary N) is 1. The first kappa shape index (κ1) is 10.6. The normalized spacial score (nSPS) is 13.7. The first-order valence-electron chi connectivity index (χ1n) is 3.84. The number of anilines is 1. The van der Waals surface area contributed by atoms with Crippen molar-refractivity contribution in [1.29, 1.82) is 0 Å². The molecule has 0 aliphatic rings. The van der Waals surface area contributed by atoms with E-state index in [1.807, 2.05) is 0 Å². The van der Waals surface area contributed by atoms with Crippen LogP contribution in [0.4, 0.5) is 18.9 Å². The van der Waals surface area contributed by atoms with E-state index in [1.54, 1.807) is 0 Å². The Morgan fingerprint density at radius 2 is 2.14 bits per heavy atom. The highest BCUT2D eigenvalue weighted by Gasteiger charge is 2.38. The van der Waals surface area contributed by atoms with Crippen LogP contribution in [-0.2, 0) is 0 Å². The van der Waals surface area contributed by atoms with Gasteiger partial charge in [0, 0.05) is 18.0 Å². The highest BCUT2D eigenvalue weighted by Crippen LogP contribution is 2.24. The predicted octanol–water partition coefficient (Wildman–Crippen LogP) is 1.99. The van der Waals surface area contributed by atoms with Gasteiger partial charge in [-0.25, -0.2) is 4.98 Å². The van der Waals surface area contributed by atoms with Gasteiger partial charge in [-0.1, -0.05) is 0 Å². The molecule has 2 N–H and O–H groups in total. The molecule has 1 atom stereocenters. The number of pyridine rings is 1. The molecule has 0 amide bonds. The number of hydrogen-bond acceptors (Lipinski definition) is 3. The molecule has 0 saturated carbocycles. The molecule has 1 heterocycles. The quantitative estimate of drug-likeness (QED) is 0.804. The van der Waals surface area contributed by atoms with Crippen molar-refractivity contribution in [3.63, 3.8) is 0 Å². The summed E-state index contributed by atoms with van der Waals surface area (Å²) >= 11 is 0. The van der Waals surface area contributed by atoms with E-state index in [2.05, 4.69) is 9.72 Å². The number of hydrogen-bond donors (Lipinski definition) is 1. The van der Waals surface area contributed by atoms with Gasteiger partial charge in [0.25, 0.3) is 0 Å². The van der Waals surface area contributed by atoms with Crippen molar-refractivity contribution >= 4 is 5.69 Å². The summed E-state index contributed by atoms with van der Waals surface area (Å²) in [6, 6.07) is 2.70. The summed E-state index contributed by atoms with van der Waals surface area (Å²) in [5.41, 5.74) is 5.65. The summed E-state index contributed by atoms with van der Waals surface area (Å²) in [5, 5.41) is 0. The van der Waals surface area contributed by atoms with Crippen LogP contribution in [0.2, 0.25) is 0 Å². The number of alkyl halides is 3. The molecule has 1 rings (SSSR count). The molecule has 0 bridgehead atoms. The molecule has 14 heavy (non-hydrogen) atoms. The second-order valence-electron chi connectivity index (χ2n) is 2.73. The molecule has 0 aromatic carbocycles. The van der Waals surface area contributed by atoms with Crippen LogP contribution in [0.1, 0.15) is 6.92 Å². The summed E-state index contributed by atoms with van der Waals surface area (Å²) in [5.74, 6) is -0.130. The summed E-state index contributed by atoms with van der Waals surface area (Å²) in [6.45, 7) is 0.908. The van der Waals surface area contributed by atoms with Gasteiger partial charge < -0.3 is 10.5 Å². The number of rotatable bonds is 2. The number of nitrogen functional groups attached to an aromatic ring is 1. The van der Waals surface area contributed by atoms with Crippen molar-refractivity contribution in [2.24, 2.45) is 0 Å². The smallest absolute Gasteiger partial charge is 0.425 e. The molecule has 1 aromatic heterocycles. The third-order valence-electron chi connectivity index (χ3n) is 1.52. The topological polar surface area (TPSA) is 48.1 Å². The maximum absolute atomic E-state index is 12.1. The van der Waals surface area contributed by atoms with Gasteiger partial charge in [0.15, 0.2) is 6.10 Å². The van der Waals surface area contributed by atoms with Gasteiger partial charge in [-0.05, 0) is 13.0 Å². The molecule has 0 radical (unpaired) electrons. The summed E-state index contributed by atoms with van der Waals surface area (Å²) < 4.78 is 40.7. The lowest BCUT2D eigenvalue weighted by molar-refractivity contribution is -0.189. The lowest BCUT2D eigenvalue weighted by Gasteiger charge is -2.16. The SMILES string of the molecule is CC(Oc1cc(N)ccn1)C(F)(F)F. The summed E-state index contributed by atoms with van der Waals surface area (Å²) in [7, 11) is 0. The maximum atomic E-state index is 12.1. The Hall–Kier alpha value is -1.46. The predicted molar refractivity (Wildman–Crippen MR) is 44.8 cm³/mol. The number of nitrogens with zero attached hydrogens (tertiary/aromatic N) is 1. The average molecular weight is 206 g/mol. The largest absolute Gasteiger partial charge is 0.465 e. The van der Waals surface area contributed by atoms with Crippen molar-refractivity contribution in [1.82, 2.24) is 4.98 Å². The molecular formula is C8H9F3N2O. The molecule has 1 unspecified atom stereocenters. The van der Waals surface area contributed by atoms with Crippen LogP contribution in [-0.4, -0.2) is 17.3 Å². The van der Waals surface area contributed by atoms with Crippen molar-refractivity contribution < 1.29 is 17.9 Å². The molecule has 0 aliphatic carbocycles. The molecule has 1 aromatic rings. The van der Waals surface area contributed by atoms with Gasteiger partial charge in [-0.15, -0.1) is 0 Å². The minimum absolute atomic E-state index is 0.130. The highest BCUT2D eigenvalue weighted by atomic mass is 19.4. The Labute approximate surface area is 78.7 Å². The van der Waals surface area contributed by atoms with Gasteiger partial charge in [-0.3, -0.25) is 0 Å². The van der Waals surface area contributed by atoms with Crippen molar-refractivity contribution in [3.8, 4) is 5.88 Å². The zero-order chi connectivity index (χ0) is 10.8. The molecule has 0 aliphatic heterocycles. The molecule has 0 spiro atoms. The van der Waals surface area contributed by atoms with Gasteiger partial charge in [0.2, 0.25) is 5.88 Å². The van der Waals surface area contributed by atoms with E-state index in [-0.39, 0.29) is 5.88 Å². The minimum Gasteiger partial charge on any atom is -0.465 e. The highest BCUT2D eigenvalue weighted by molar-refractivity contribution is 5.39. The van der Waals surface area contributed by atoms with E-state index in [0.29, 0.717) is 5.69 Å². The lowest BCUT2D eigenvalue weighted by Crippen LogP contribution is -2.31. The zero-order valence-electron chi connectivity index (χ0n) is 7.38. The molecule has 0 saturated heterocycles. The Kier molecular flexibility index (Phi) is 2.83. The van der Waals surface area contributed by atoms with E-state index in [0.717, 1.165) is 6.92 Å². The molecular weight excluding hydrogens is 197 g/mol. The summed E-state index contributed by atoms with van der Waals surface area (Å²) in [6.07, 6.45) is -5.00. The lowest BCUT2D eigenvalue weighted by atomic mass is 10.4. The third-order valence-corrected chi connectivity index (χ3v) is 1.52. The number of aromatic nitrogens is 1. The van der Waals surface area contributed by atoms with Crippen LogP contribution in [0.25, 0.3) is 0 Å². The Morgan fingerprint density at radius 1 is 1.50 bits per heavy atom. The first-order chi connectivity index (χ1) is 6.39. The van der Waals surface area contributed by atoms with Crippen LogP contribution in [0.5, 0.6) is 5.88 Å². The van der Waals surface area contributed by atoms with Crippen molar-refractivity contribution in [3.05, 3.63) is 18.3 Å². The average Bonchev–Trinajstić information content (AvgIpc) is 2.02. The van der Waals surface area contributed by atoms with Crippen LogP contribution in [0, 0.1) is 0 Å². The van der Waals surface area contributed by atoms with E-state index < -0.39 is 12.3 Å². The van der Waals surface area contributed by atoms with Gasteiger partial charge in [0.1, 0.15) is 0 Å². The Bertz CT molecular complexity index is 314. The van der Waals surface area contributed by atoms with E-state index >= 15 is 0 Å². The van der Waals surface area contributed by atoms with Crippen LogP contribution in [0.15, 0.2) is 18.3 Å². The van der Waals surface area contributed by atoms with Crippen molar-refractivity contribution in [2.75, 3.05) is 5.73 Å². The Morgan fingerprint density at radius 3 is 2.64 bits per heavy atom. The molecule has 6 heteroatoms. The van der Waals surface area contributed by atoms with Gasteiger partial charge in [-0.2, -0.15) is 13.2 Å². The Balaban J connectivity index is 2.70. The van der Waals surface area contributed by atoms with Crippen molar-refractivity contribution in [2.45, 2.75) is 19.2 Å². The fraction of sp³-hybridized carbons (Fsp3) is 0.375. The van der Waals surface area contributed by atoms with E-state index in [9.17, 15) is 13.2 Å². The number of ether oxygens (including phenoxy) is 1. The van der Waals surface area contributed by atoms with Crippen LogP contribution < -0.4 is 10.5 Å². The zero-order valence-corrected chi connectivity index (χ0v) is 7.38. The fourth-order valence-electron chi connectivity index (χ4n) is 0.737.